The Kier molecular flexibility index (Phi) is 5.00. The topological polar surface area (TPSA) is 39.3 Å². The lowest BCUT2D eigenvalue weighted by Crippen LogP contribution is -2.25. The van der Waals surface area contributed by atoms with Gasteiger partial charge in [-0.2, -0.15) is 0 Å². The van der Waals surface area contributed by atoms with Gasteiger partial charge in [0.1, 0.15) is 0 Å². The monoisotopic (exact) mass is 260 g/mol. The minimum atomic E-state index is 0.208. The molecule has 19 heavy (non-hydrogen) atoms. The van der Waals surface area contributed by atoms with Gasteiger partial charge in [-0.05, 0) is 43.1 Å². The molecule has 3 heteroatoms. The molecule has 0 bridgehead atoms. The molecule has 0 aliphatic heterocycles. The smallest absolute Gasteiger partial charge is 0.0471 e. The van der Waals surface area contributed by atoms with Crippen molar-refractivity contribution in [3.8, 4) is 0 Å². The van der Waals surface area contributed by atoms with Crippen LogP contribution in [0.1, 0.15) is 25.0 Å². The normalized spacial score (nSPS) is 11.6. The summed E-state index contributed by atoms with van der Waals surface area (Å²) in [4.78, 5) is 5.78. The molecule has 1 aromatic heterocycles. The fourth-order valence-electron chi connectivity index (χ4n) is 2.68. The van der Waals surface area contributed by atoms with Crippen molar-refractivity contribution in [2.45, 2.75) is 26.7 Å². The van der Waals surface area contributed by atoms with Crippen LogP contribution in [-0.2, 0) is 12.8 Å². The summed E-state index contributed by atoms with van der Waals surface area (Å²) in [6.45, 7) is 7.91. The molecule has 3 nitrogen and oxygen atoms in total. The number of aliphatic hydroxyl groups is 1. The van der Waals surface area contributed by atoms with E-state index in [1.165, 1.54) is 22.0 Å². The van der Waals surface area contributed by atoms with Gasteiger partial charge in [0, 0.05) is 30.3 Å². The van der Waals surface area contributed by atoms with Gasteiger partial charge >= 0.3 is 0 Å². The molecule has 0 fully saturated rings. The van der Waals surface area contributed by atoms with Gasteiger partial charge in [-0.15, -0.1) is 0 Å². The zero-order valence-corrected chi connectivity index (χ0v) is 11.9. The van der Waals surface area contributed by atoms with Gasteiger partial charge in [0.2, 0.25) is 0 Å². The van der Waals surface area contributed by atoms with E-state index in [4.69, 9.17) is 0 Å². The molecule has 1 aromatic carbocycles. The zero-order chi connectivity index (χ0) is 13.7. The summed E-state index contributed by atoms with van der Waals surface area (Å²) in [6.07, 6.45) is 3.91. The molecule has 0 radical (unpaired) electrons. The lowest BCUT2D eigenvalue weighted by Gasteiger charge is -2.17. The molecular weight excluding hydrogens is 236 g/mol. The van der Waals surface area contributed by atoms with Gasteiger partial charge in [-0.3, -0.25) is 0 Å². The van der Waals surface area contributed by atoms with Crippen LogP contribution in [0.15, 0.2) is 24.4 Å². The van der Waals surface area contributed by atoms with E-state index in [1.54, 1.807) is 0 Å². The third-order valence-electron chi connectivity index (χ3n) is 3.85. The number of aliphatic hydroxyl groups excluding tert-OH is 1. The van der Waals surface area contributed by atoms with E-state index in [1.807, 2.05) is 0 Å². The summed E-state index contributed by atoms with van der Waals surface area (Å²) in [5, 5.41) is 10.5. The van der Waals surface area contributed by atoms with Crippen LogP contribution in [0.25, 0.3) is 10.9 Å². The van der Waals surface area contributed by atoms with Crippen LogP contribution in [0, 0.1) is 0 Å². The van der Waals surface area contributed by atoms with Crippen LogP contribution in [-0.4, -0.2) is 41.2 Å². The highest BCUT2D eigenvalue weighted by Crippen LogP contribution is 2.23. The van der Waals surface area contributed by atoms with Crippen molar-refractivity contribution in [3.05, 3.63) is 35.5 Å². The number of fused-ring (bicyclic) bond motifs is 1. The molecule has 0 atom stereocenters. The van der Waals surface area contributed by atoms with E-state index < -0.39 is 0 Å². The third-order valence-corrected chi connectivity index (χ3v) is 3.85. The molecule has 0 aliphatic rings. The van der Waals surface area contributed by atoms with E-state index in [2.05, 4.69) is 48.1 Å². The highest BCUT2D eigenvalue weighted by atomic mass is 16.2. The molecule has 0 saturated carbocycles. The summed E-state index contributed by atoms with van der Waals surface area (Å²) >= 11 is 0. The highest BCUT2D eigenvalue weighted by molar-refractivity contribution is 5.86. The Morgan fingerprint density at radius 1 is 1.11 bits per heavy atom. The van der Waals surface area contributed by atoms with Gasteiger partial charge in [0.05, 0.1) is 0 Å². The number of nitrogens with zero attached hydrogens (tertiary/aromatic N) is 1. The standard InChI is InChI=1S/C16H24N2O/c1-3-18(4-2)10-8-14-12-17-15-7-5-6-13(9-11-19)16(14)15/h5-7,12,17,19H,3-4,8-11H2,1-2H3. The van der Waals surface area contributed by atoms with Gasteiger partial charge in [-0.25, -0.2) is 0 Å². The fraction of sp³-hybridized carbons (Fsp3) is 0.500. The van der Waals surface area contributed by atoms with Crippen molar-refractivity contribution in [1.82, 2.24) is 9.88 Å². The molecule has 104 valence electrons. The highest BCUT2D eigenvalue weighted by Gasteiger charge is 2.09. The van der Waals surface area contributed by atoms with E-state index in [0.29, 0.717) is 0 Å². The number of aromatic amines is 1. The van der Waals surface area contributed by atoms with Gasteiger partial charge in [-0.1, -0.05) is 26.0 Å². The number of nitrogens with one attached hydrogen (secondary N) is 1. The average molecular weight is 260 g/mol. The maximum atomic E-state index is 9.18. The van der Waals surface area contributed by atoms with Crippen LogP contribution in [0.5, 0.6) is 0 Å². The summed E-state index contributed by atoms with van der Waals surface area (Å²) in [5.74, 6) is 0. The Hall–Kier alpha value is -1.32. The summed E-state index contributed by atoms with van der Waals surface area (Å²) in [6, 6.07) is 6.28. The Balaban J connectivity index is 2.23. The van der Waals surface area contributed by atoms with Crippen molar-refractivity contribution in [1.29, 1.82) is 0 Å². The predicted octanol–water partition coefficient (Wildman–Crippen LogP) is 2.59. The second-order valence-electron chi connectivity index (χ2n) is 4.90. The first kappa shape index (κ1) is 14.1. The number of likely N-dealkylation sites (N-methyl/N-ethyl adjacent to an activating group) is 1. The lowest BCUT2D eigenvalue weighted by atomic mass is 10.0. The molecule has 2 rings (SSSR count). The number of rotatable bonds is 7. The van der Waals surface area contributed by atoms with Gasteiger partial charge < -0.3 is 15.0 Å². The minimum Gasteiger partial charge on any atom is -0.396 e. The van der Waals surface area contributed by atoms with Crippen LogP contribution in [0.4, 0.5) is 0 Å². The first-order chi connectivity index (χ1) is 9.30. The second-order valence-corrected chi connectivity index (χ2v) is 4.90. The molecule has 0 aliphatic carbocycles. The Bertz CT molecular complexity index is 514. The Morgan fingerprint density at radius 3 is 2.58 bits per heavy atom. The molecule has 0 saturated heterocycles. The van der Waals surface area contributed by atoms with Gasteiger partial charge in [0.25, 0.3) is 0 Å². The van der Waals surface area contributed by atoms with Crippen molar-refractivity contribution < 1.29 is 5.11 Å². The predicted molar refractivity (Wildman–Crippen MR) is 80.6 cm³/mol. The maximum absolute atomic E-state index is 9.18. The first-order valence-electron chi connectivity index (χ1n) is 7.21. The molecule has 2 aromatic rings. The van der Waals surface area contributed by atoms with E-state index >= 15 is 0 Å². The number of H-pyrrole nitrogens is 1. The van der Waals surface area contributed by atoms with Crippen LogP contribution in [0.3, 0.4) is 0 Å². The molecule has 0 amide bonds. The number of benzene rings is 1. The Morgan fingerprint density at radius 2 is 1.89 bits per heavy atom. The Labute approximate surface area is 115 Å². The average Bonchev–Trinajstić information content (AvgIpc) is 2.85. The summed E-state index contributed by atoms with van der Waals surface area (Å²) in [7, 11) is 0. The van der Waals surface area contributed by atoms with Crippen LogP contribution in [0.2, 0.25) is 0 Å². The van der Waals surface area contributed by atoms with E-state index in [9.17, 15) is 5.11 Å². The fourth-order valence-corrected chi connectivity index (χ4v) is 2.68. The second kappa shape index (κ2) is 6.73. The lowest BCUT2D eigenvalue weighted by molar-refractivity contribution is 0.300. The zero-order valence-electron chi connectivity index (χ0n) is 11.9. The molecule has 2 N–H and O–H groups in total. The van der Waals surface area contributed by atoms with Crippen molar-refractivity contribution in [2.24, 2.45) is 0 Å². The van der Waals surface area contributed by atoms with Crippen molar-refractivity contribution in [2.75, 3.05) is 26.2 Å². The maximum Gasteiger partial charge on any atom is 0.0471 e. The van der Waals surface area contributed by atoms with Crippen molar-refractivity contribution in [3.63, 3.8) is 0 Å². The molecule has 0 spiro atoms. The van der Waals surface area contributed by atoms with Gasteiger partial charge in [0.15, 0.2) is 0 Å². The molecular formula is C16H24N2O. The molecule has 1 heterocycles. The SMILES string of the molecule is CCN(CC)CCc1c[nH]c2cccc(CCO)c12. The first-order valence-corrected chi connectivity index (χ1v) is 7.21. The van der Waals surface area contributed by atoms with Crippen LogP contribution >= 0.6 is 0 Å². The quantitative estimate of drug-likeness (QED) is 0.803. The third kappa shape index (κ3) is 3.17. The summed E-state index contributed by atoms with van der Waals surface area (Å²) < 4.78 is 0. The number of hydrogen-bond donors (Lipinski definition) is 2. The number of aromatic nitrogens is 1. The molecule has 0 unspecified atom stereocenters. The van der Waals surface area contributed by atoms with E-state index in [-0.39, 0.29) is 6.61 Å². The minimum absolute atomic E-state index is 0.208. The van der Waals surface area contributed by atoms with Crippen LogP contribution < -0.4 is 0 Å². The largest absolute Gasteiger partial charge is 0.396 e. The van der Waals surface area contributed by atoms with Crippen molar-refractivity contribution >= 4 is 10.9 Å². The van der Waals surface area contributed by atoms with E-state index in [0.717, 1.165) is 32.5 Å². The summed E-state index contributed by atoms with van der Waals surface area (Å²) in [5.41, 5.74) is 3.79. The number of hydrogen-bond acceptors (Lipinski definition) is 2.